The predicted octanol–water partition coefficient (Wildman–Crippen LogP) is 5.69. The standard InChI is InChI=1S/C28H30F2N2O2/c29-23-8-11-25(30)22(18-23)19-31-14-12-21(13-15-31)26(17-20-5-2-1-3-6-20)32(24-9-10-24)28(33)27-7-4-16-34-27/h1-8,11,16,18,21,24,26H,9-10,12-15,17,19H2/t26-/m1/s1. The van der Waals surface area contributed by atoms with E-state index in [1.54, 1.807) is 18.4 Å². The van der Waals surface area contributed by atoms with E-state index in [0.29, 0.717) is 23.8 Å². The van der Waals surface area contributed by atoms with Gasteiger partial charge in [0.2, 0.25) is 0 Å². The average Bonchev–Trinajstić information content (AvgIpc) is 3.53. The Labute approximate surface area is 199 Å². The molecule has 5 rings (SSSR count). The molecule has 3 aromatic rings. The predicted molar refractivity (Wildman–Crippen MR) is 126 cm³/mol. The van der Waals surface area contributed by atoms with Crippen molar-refractivity contribution >= 4 is 5.91 Å². The zero-order valence-electron chi connectivity index (χ0n) is 19.2. The summed E-state index contributed by atoms with van der Waals surface area (Å²) in [5.74, 6) is -0.0878. The van der Waals surface area contributed by atoms with Crippen molar-refractivity contribution in [3.05, 3.63) is 95.4 Å². The van der Waals surface area contributed by atoms with E-state index in [-0.39, 0.29) is 23.8 Å². The van der Waals surface area contributed by atoms with E-state index in [0.717, 1.165) is 51.3 Å². The van der Waals surface area contributed by atoms with Crippen LogP contribution in [0.1, 0.15) is 47.4 Å². The van der Waals surface area contributed by atoms with Crippen LogP contribution < -0.4 is 0 Å². The smallest absolute Gasteiger partial charge is 0.290 e. The van der Waals surface area contributed by atoms with E-state index in [1.807, 2.05) is 18.2 Å². The van der Waals surface area contributed by atoms with Crippen LogP contribution in [-0.4, -0.2) is 40.9 Å². The van der Waals surface area contributed by atoms with Crippen LogP contribution in [0.25, 0.3) is 0 Å². The minimum atomic E-state index is -0.411. The summed E-state index contributed by atoms with van der Waals surface area (Å²) >= 11 is 0. The van der Waals surface area contributed by atoms with Crippen LogP contribution in [0.15, 0.2) is 71.3 Å². The summed E-state index contributed by atoms with van der Waals surface area (Å²) in [6, 6.07) is 17.8. The molecule has 1 aromatic heterocycles. The Balaban J connectivity index is 1.33. The Kier molecular flexibility index (Phi) is 6.77. The Morgan fingerprint density at radius 1 is 1.00 bits per heavy atom. The number of furan rings is 1. The van der Waals surface area contributed by atoms with Gasteiger partial charge in [-0.1, -0.05) is 30.3 Å². The fourth-order valence-corrected chi connectivity index (χ4v) is 5.22. The normalized spacial score (nSPS) is 18.1. The highest BCUT2D eigenvalue weighted by molar-refractivity contribution is 5.92. The van der Waals surface area contributed by atoms with Crippen molar-refractivity contribution in [1.29, 1.82) is 0 Å². The summed E-state index contributed by atoms with van der Waals surface area (Å²) in [6.45, 7) is 1.98. The van der Waals surface area contributed by atoms with E-state index < -0.39 is 5.82 Å². The third-order valence-corrected chi connectivity index (χ3v) is 7.13. The monoisotopic (exact) mass is 464 g/mol. The Morgan fingerprint density at radius 2 is 1.76 bits per heavy atom. The van der Waals surface area contributed by atoms with Crippen molar-refractivity contribution in [3.8, 4) is 0 Å². The number of hydrogen-bond acceptors (Lipinski definition) is 3. The van der Waals surface area contributed by atoms with Crippen LogP contribution in [-0.2, 0) is 13.0 Å². The lowest BCUT2D eigenvalue weighted by Gasteiger charge is -2.41. The van der Waals surface area contributed by atoms with Gasteiger partial charge in [-0.25, -0.2) is 8.78 Å². The first-order valence-corrected chi connectivity index (χ1v) is 12.1. The number of piperidine rings is 1. The number of hydrogen-bond donors (Lipinski definition) is 0. The van der Waals surface area contributed by atoms with E-state index >= 15 is 0 Å². The number of benzene rings is 2. The number of carbonyl (C=O) groups excluding carboxylic acids is 1. The number of nitrogens with zero attached hydrogens (tertiary/aromatic N) is 2. The third-order valence-electron chi connectivity index (χ3n) is 7.13. The molecule has 0 radical (unpaired) electrons. The van der Waals surface area contributed by atoms with Crippen molar-refractivity contribution in [2.24, 2.45) is 5.92 Å². The lowest BCUT2D eigenvalue weighted by atomic mass is 9.84. The second-order valence-electron chi connectivity index (χ2n) is 9.53. The van der Waals surface area contributed by atoms with Crippen LogP contribution in [0.4, 0.5) is 8.78 Å². The SMILES string of the molecule is O=C(c1ccco1)N(C1CC1)[C@H](Cc1ccccc1)C1CCN(Cc2cc(F)ccc2F)CC1. The van der Waals surface area contributed by atoms with Crippen molar-refractivity contribution in [3.63, 3.8) is 0 Å². The highest BCUT2D eigenvalue weighted by Crippen LogP contribution is 2.36. The van der Waals surface area contributed by atoms with Gasteiger partial charge in [-0.2, -0.15) is 0 Å². The number of halogens is 2. The molecule has 1 amide bonds. The highest BCUT2D eigenvalue weighted by Gasteiger charge is 2.42. The minimum absolute atomic E-state index is 0.0299. The molecular weight excluding hydrogens is 434 g/mol. The largest absolute Gasteiger partial charge is 0.459 e. The van der Waals surface area contributed by atoms with Crippen LogP contribution in [0.5, 0.6) is 0 Å². The van der Waals surface area contributed by atoms with Gasteiger partial charge in [-0.05, 0) is 87.0 Å². The highest BCUT2D eigenvalue weighted by atomic mass is 19.1. The molecule has 0 N–H and O–H groups in total. The average molecular weight is 465 g/mol. The van der Waals surface area contributed by atoms with E-state index in [4.69, 9.17) is 4.42 Å². The van der Waals surface area contributed by atoms with Gasteiger partial charge < -0.3 is 9.32 Å². The number of likely N-dealkylation sites (tertiary alicyclic amines) is 1. The fourth-order valence-electron chi connectivity index (χ4n) is 5.22. The Hall–Kier alpha value is -2.99. The zero-order chi connectivity index (χ0) is 23.5. The van der Waals surface area contributed by atoms with Crippen molar-refractivity contribution < 1.29 is 18.0 Å². The first kappa shape index (κ1) is 22.8. The number of carbonyl (C=O) groups is 1. The zero-order valence-corrected chi connectivity index (χ0v) is 19.2. The molecule has 34 heavy (non-hydrogen) atoms. The first-order chi connectivity index (χ1) is 16.6. The molecule has 0 unspecified atom stereocenters. The van der Waals surface area contributed by atoms with Gasteiger partial charge in [0.1, 0.15) is 11.6 Å². The Bertz CT molecular complexity index is 1090. The van der Waals surface area contributed by atoms with Gasteiger partial charge in [0.05, 0.1) is 6.26 Å². The number of rotatable bonds is 8. The molecule has 4 nitrogen and oxygen atoms in total. The van der Waals surface area contributed by atoms with Gasteiger partial charge in [-0.15, -0.1) is 0 Å². The van der Waals surface area contributed by atoms with Gasteiger partial charge in [-0.3, -0.25) is 9.69 Å². The summed E-state index contributed by atoms with van der Waals surface area (Å²) in [5.41, 5.74) is 1.61. The summed E-state index contributed by atoms with van der Waals surface area (Å²) in [4.78, 5) is 17.7. The maximum absolute atomic E-state index is 14.2. The van der Waals surface area contributed by atoms with Crippen LogP contribution in [0, 0.1) is 17.6 Å². The quantitative estimate of drug-likeness (QED) is 0.430. The molecular formula is C28H30F2N2O2. The van der Waals surface area contributed by atoms with Crippen LogP contribution in [0.2, 0.25) is 0 Å². The molecule has 178 valence electrons. The van der Waals surface area contributed by atoms with Crippen molar-refractivity contribution in [2.75, 3.05) is 13.1 Å². The summed E-state index contributed by atoms with van der Waals surface area (Å²) < 4.78 is 33.2. The molecule has 0 spiro atoms. The molecule has 0 bridgehead atoms. The fraction of sp³-hybridized carbons (Fsp3) is 0.393. The first-order valence-electron chi connectivity index (χ1n) is 12.1. The molecule has 1 saturated carbocycles. The summed E-state index contributed by atoms with van der Waals surface area (Å²) in [5, 5.41) is 0. The van der Waals surface area contributed by atoms with E-state index in [2.05, 4.69) is 21.9 Å². The molecule has 2 fully saturated rings. The molecule has 2 aromatic carbocycles. The summed E-state index contributed by atoms with van der Waals surface area (Å²) in [7, 11) is 0. The maximum atomic E-state index is 14.2. The topological polar surface area (TPSA) is 36.7 Å². The van der Waals surface area contributed by atoms with E-state index in [9.17, 15) is 13.6 Å². The molecule has 1 aliphatic heterocycles. The van der Waals surface area contributed by atoms with Gasteiger partial charge in [0.15, 0.2) is 5.76 Å². The second kappa shape index (κ2) is 10.1. The van der Waals surface area contributed by atoms with Crippen LogP contribution in [0.3, 0.4) is 0 Å². The van der Waals surface area contributed by atoms with E-state index in [1.165, 1.54) is 17.7 Å². The van der Waals surface area contributed by atoms with Gasteiger partial charge >= 0.3 is 0 Å². The molecule has 1 saturated heterocycles. The minimum Gasteiger partial charge on any atom is -0.459 e. The Morgan fingerprint density at radius 3 is 2.44 bits per heavy atom. The molecule has 6 heteroatoms. The van der Waals surface area contributed by atoms with Gasteiger partial charge in [0.25, 0.3) is 5.91 Å². The molecule has 1 aliphatic carbocycles. The second-order valence-corrected chi connectivity index (χ2v) is 9.53. The lowest BCUT2D eigenvalue weighted by molar-refractivity contribution is 0.0453. The van der Waals surface area contributed by atoms with Crippen LogP contribution >= 0.6 is 0 Å². The number of amides is 1. The molecule has 2 heterocycles. The molecule has 2 aliphatic rings. The maximum Gasteiger partial charge on any atom is 0.290 e. The lowest BCUT2D eigenvalue weighted by Crippen LogP contribution is -2.50. The van der Waals surface area contributed by atoms with Gasteiger partial charge in [0, 0.05) is 24.2 Å². The van der Waals surface area contributed by atoms with Crippen molar-refractivity contribution in [1.82, 2.24) is 9.80 Å². The van der Waals surface area contributed by atoms with Crippen molar-refractivity contribution in [2.45, 2.75) is 50.7 Å². The third kappa shape index (κ3) is 5.22. The summed E-state index contributed by atoms with van der Waals surface area (Å²) in [6.07, 6.45) is 6.21. The molecule has 1 atom stereocenters.